The molecule has 1 aromatic rings. The lowest BCUT2D eigenvalue weighted by Gasteiger charge is -2.27. The van der Waals surface area contributed by atoms with Crippen molar-refractivity contribution in [2.45, 2.75) is 37.9 Å². The zero-order valence-corrected chi connectivity index (χ0v) is 15.2. The minimum Gasteiger partial charge on any atom is -0.494 e. The minimum atomic E-state index is -0.417. The first-order valence-electron chi connectivity index (χ1n) is 8.72. The number of nitrogens with one attached hydrogen (secondary N) is 1. The summed E-state index contributed by atoms with van der Waals surface area (Å²) in [6, 6.07) is 7.21. The predicted octanol–water partition coefficient (Wildman–Crippen LogP) is 2.90. The Kier molecular flexibility index (Phi) is 5.96. The third kappa shape index (κ3) is 4.75. The maximum absolute atomic E-state index is 12.2. The lowest BCUT2D eigenvalue weighted by atomic mass is 10.1. The number of nitrogens with zero attached hydrogens (tertiary/aromatic N) is 2. The van der Waals surface area contributed by atoms with Crippen LogP contribution in [0.15, 0.2) is 29.3 Å². The van der Waals surface area contributed by atoms with Gasteiger partial charge in [-0.3, -0.25) is 9.59 Å². The molecule has 2 aliphatic rings. The number of ether oxygens (including phenoxy) is 1. The average Bonchev–Trinajstić information content (AvgIpc) is 2.98. The molecule has 134 valence electrons. The summed E-state index contributed by atoms with van der Waals surface area (Å²) < 4.78 is 5.38. The molecule has 1 atom stereocenters. The Morgan fingerprint density at radius 1 is 1.28 bits per heavy atom. The molecule has 0 radical (unpaired) electrons. The largest absolute Gasteiger partial charge is 0.494 e. The smallest absolute Gasteiger partial charge is 0.262 e. The van der Waals surface area contributed by atoms with Crippen LogP contribution in [0.25, 0.3) is 0 Å². The van der Waals surface area contributed by atoms with E-state index in [4.69, 9.17) is 4.74 Å². The van der Waals surface area contributed by atoms with Crippen LogP contribution in [0, 0.1) is 0 Å². The third-order valence-corrected chi connectivity index (χ3v) is 5.39. The number of hydrogen-bond acceptors (Lipinski definition) is 5. The van der Waals surface area contributed by atoms with E-state index in [2.05, 4.69) is 15.2 Å². The Balaban J connectivity index is 1.50. The number of amidine groups is 1. The van der Waals surface area contributed by atoms with Crippen molar-refractivity contribution in [3.05, 3.63) is 24.3 Å². The number of thioether (sulfide) groups is 1. The molecule has 3 rings (SSSR count). The van der Waals surface area contributed by atoms with Gasteiger partial charge in [0, 0.05) is 25.2 Å². The van der Waals surface area contributed by atoms with Crippen LogP contribution in [0.4, 0.5) is 5.69 Å². The Bertz CT molecular complexity index is 654. The van der Waals surface area contributed by atoms with Crippen molar-refractivity contribution < 1.29 is 14.3 Å². The fourth-order valence-electron chi connectivity index (χ4n) is 2.91. The van der Waals surface area contributed by atoms with Gasteiger partial charge in [0.2, 0.25) is 5.91 Å². The third-order valence-electron chi connectivity index (χ3n) is 4.18. The van der Waals surface area contributed by atoms with Gasteiger partial charge in [-0.1, -0.05) is 11.8 Å². The molecule has 1 saturated heterocycles. The number of rotatable bonds is 5. The van der Waals surface area contributed by atoms with Gasteiger partial charge >= 0.3 is 0 Å². The van der Waals surface area contributed by atoms with Gasteiger partial charge in [0.05, 0.1) is 6.61 Å². The van der Waals surface area contributed by atoms with Gasteiger partial charge in [0.25, 0.3) is 5.91 Å². The molecule has 1 aromatic carbocycles. The fraction of sp³-hybridized carbons (Fsp3) is 0.500. The molecule has 2 heterocycles. The van der Waals surface area contributed by atoms with Crippen molar-refractivity contribution in [1.29, 1.82) is 0 Å². The number of hydrogen-bond donors (Lipinski definition) is 1. The summed E-state index contributed by atoms with van der Waals surface area (Å²) in [5.41, 5.74) is 0.695. The minimum absolute atomic E-state index is 0.136. The highest BCUT2D eigenvalue weighted by molar-refractivity contribution is 8.15. The lowest BCUT2D eigenvalue weighted by molar-refractivity contribution is -0.121. The first kappa shape index (κ1) is 17.8. The summed E-state index contributed by atoms with van der Waals surface area (Å²) in [6.07, 6.45) is 3.64. The topological polar surface area (TPSA) is 71.0 Å². The van der Waals surface area contributed by atoms with Crippen molar-refractivity contribution in [3.63, 3.8) is 0 Å². The fourth-order valence-corrected chi connectivity index (χ4v) is 4.03. The molecular weight excluding hydrogens is 338 g/mol. The van der Waals surface area contributed by atoms with Crippen molar-refractivity contribution in [2.24, 2.45) is 4.99 Å². The van der Waals surface area contributed by atoms with Gasteiger partial charge in [-0.2, -0.15) is 4.99 Å². The van der Waals surface area contributed by atoms with Gasteiger partial charge in [-0.05, 0) is 50.5 Å². The zero-order valence-electron chi connectivity index (χ0n) is 14.4. The van der Waals surface area contributed by atoms with Crippen molar-refractivity contribution in [3.8, 4) is 5.75 Å². The highest BCUT2D eigenvalue weighted by Gasteiger charge is 2.33. The van der Waals surface area contributed by atoms with E-state index in [1.807, 2.05) is 19.1 Å². The van der Waals surface area contributed by atoms with Crippen LogP contribution in [0.5, 0.6) is 5.75 Å². The van der Waals surface area contributed by atoms with E-state index in [0.717, 1.165) is 36.8 Å². The van der Waals surface area contributed by atoms with Crippen LogP contribution >= 0.6 is 11.8 Å². The highest BCUT2D eigenvalue weighted by atomic mass is 32.2. The summed E-state index contributed by atoms with van der Waals surface area (Å²) in [5.74, 6) is 0.388. The van der Waals surface area contributed by atoms with E-state index in [1.165, 1.54) is 18.2 Å². The van der Waals surface area contributed by atoms with E-state index in [9.17, 15) is 9.59 Å². The molecule has 0 bridgehead atoms. The van der Waals surface area contributed by atoms with E-state index in [1.54, 1.807) is 12.1 Å². The number of likely N-dealkylation sites (tertiary alicyclic amines) is 1. The Morgan fingerprint density at radius 3 is 2.68 bits per heavy atom. The van der Waals surface area contributed by atoms with Crippen molar-refractivity contribution in [1.82, 2.24) is 4.90 Å². The molecule has 2 amide bonds. The van der Waals surface area contributed by atoms with Gasteiger partial charge in [-0.15, -0.1) is 0 Å². The normalized spacial score (nSPS) is 20.4. The van der Waals surface area contributed by atoms with Crippen LogP contribution in [0.2, 0.25) is 0 Å². The number of benzene rings is 1. The second-order valence-electron chi connectivity index (χ2n) is 6.10. The summed E-state index contributed by atoms with van der Waals surface area (Å²) in [5, 5.41) is 3.19. The molecule has 25 heavy (non-hydrogen) atoms. The molecule has 6 nitrogen and oxygen atoms in total. The van der Waals surface area contributed by atoms with Gasteiger partial charge in [-0.25, -0.2) is 0 Å². The number of carbonyl (C=O) groups excluding carboxylic acids is 2. The molecule has 1 fully saturated rings. The molecule has 0 aromatic heterocycles. The molecule has 0 saturated carbocycles. The molecule has 0 aliphatic carbocycles. The molecule has 7 heteroatoms. The number of aliphatic imine (C=N–C) groups is 1. The summed E-state index contributed by atoms with van der Waals surface area (Å²) in [6.45, 7) is 4.42. The van der Waals surface area contributed by atoms with E-state index in [0.29, 0.717) is 12.3 Å². The maximum Gasteiger partial charge on any atom is 0.262 e. The van der Waals surface area contributed by atoms with Crippen molar-refractivity contribution >= 4 is 34.4 Å². The SMILES string of the molecule is CCOc1ccc(NC(=O)CC2SC(N3CCCCC3)=NC2=O)cc1. The average molecular weight is 361 g/mol. The predicted molar refractivity (Wildman–Crippen MR) is 100 cm³/mol. The van der Waals surface area contributed by atoms with Crippen molar-refractivity contribution in [2.75, 3.05) is 25.0 Å². The summed E-state index contributed by atoms with van der Waals surface area (Å²) >= 11 is 1.42. The van der Waals surface area contributed by atoms with Crippen LogP contribution in [-0.4, -0.2) is 46.8 Å². The lowest BCUT2D eigenvalue weighted by Crippen LogP contribution is -2.33. The second kappa shape index (κ2) is 8.38. The van der Waals surface area contributed by atoms with Gasteiger partial charge in [0.1, 0.15) is 11.0 Å². The van der Waals surface area contributed by atoms with Crippen LogP contribution in [0.3, 0.4) is 0 Å². The van der Waals surface area contributed by atoms with Crippen LogP contribution in [-0.2, 0) is 9.59 Å². The first-order valence-corrected chi connectivity index (χ1v) is 9.60. The van der Waals surface area contributed by atoms with Crippen LogP contribution < -0.4 is 10.1 Å². The summed E-state index contributed by atoms with van der Waals surface area (Å²) in [4.78, 5) is 30.7. The Hall–Kier alpha value is -2.02. The highest BCUT2D eigenvalue weighted by Crippen LogP contribution is 2.29. The quantitative estimate of drug-likeness (QED) is 0.873. The zero-order chi connectivity index (χ0) is 17.6. The number of piperidine rings is 1. The molecule has 2 aliphatic heterocycles. The van der Waals surface area contributed by atoms with E-state index < -0.39 is 5.25 Å². The number of carbonyl (C=O) groups is 2. The standard InChI is InChI=1S/C18H23N3O3S/c1-2-24-14-8-6-13(7-9-14)19-16(22)12-15-17(23)20-18(25-15)21-10-4-3-5-11-21/h6-9,15H,2-5,10-12H2,1H3,(H,19,22). The number of anilines is 1. The summed E-state index contributed by atoms with van der Waals surface area (Å²) in [7, 11) is 0. The molecule has 1 unspecified atom stereocenters. The monoisotopic (exact) mass is 361 g/mol. The van der Waals surface area contributed by atoms with E-state index in [-0.39, 0.29) is 18.2 Å². The Labute approximate surface area is 152 Å². The molecule has 1 N–H and O–H groups in total. The molecule has 0 spiro atoms. The number of amides is 2. The molecular formula is C18H23N3O3S. The van der Waals surface area contributed by atoms with E-state index >= 15 is 0 Å². The van der Waals surface area contributed by atoms with Crippen LogP contribution in [0.1, 0.15) is 32.6 Å². The van der Waals surface area contributed by atoms with Gasteiger partial charge in [0.15, 0.2) is 5.17 Å². The Morgan fingerprint density at radius 2 is 2.00 bits per heavy atom. The van der Waals surface area contributed by atoms with Gasteiger partial charge < -0.3 is 15.0 Å². The second-order valence-corrected chi connectivity index (χ2v) is 7.27. The first-order chi connectivity index (χ1) is 12.2. The maximum atomic E-state index is 12.2.